The average Bonchev–Trinajstić information content (AvgIpc) is 3.74. The van der Waals surface area contributed by atoms with Crippen LogP contribution < -0.4 is 21.3 Å². The Bertz CT molecular complexity index is 1680. The fraction of sp³-hybridized carbons (Fsp3) is 0.500. The smallest absolute Gasteiger partial charge is 0.326 e. The fourth-order valence-corrected chi connectivity index (χ4v) is 6.78. The second kappa shape index (κ2) is 18.3. The second-order valence-corrected chi connectivity index (χ2v) is 14.2. The average molecular weight is 732 g/mol. The number of rotatable bonds is 17. The highest BCUT2D eigenvalue weighted by molar-refractivity contribution is 6.38. The molecule has 5 N–H and O–H groups in total. The number of nitrogens with zero attached hydrogens (tertiary/aromatic N) is 3. The summed E-state index contributed by atoms with van der Waals surface area (Å²) in [5.74, 6) is -6.98. The van der Waals surface area contributed by atoms with E-state index in [-0.39, 0.29) is 42.8 Å². The van der Waals surface area contributed by atoms with Gasteiger partial charge >= 0.3 is 5.97 Å². The van der Waals surface area contributed by atoms with Crippen LogP contribution in [0.2, 0.25) is 0 Å². The second-order valence-electron chi connectivity index (χ2n) is 14.2. The number of Topliss-reactive ketones (excluding diaryl/α,β-unsaturated/α-hetero) is 1. The molecule has 1 aliphatic carbocycles. The molecule has 2 aromatic rings. The van der Waals surface area contributed by atoms with Gasteiger partial charge in [0.25, 0.3) is 11.8 Å². The predicted octanol–water partition coefficient (Wildman–Crippen LogP) is 1.44. The van der Waals surface area contributed by atoms with Crippen molar-refractivity contribution < 1.29 is 38.7 Å². The minimum absolute atomic E-state index is 0.0270. The largest absolute Gasteiger partial charge is 0.480 e. The number of hydrogen-bond acceptors (Lipinski definition) is 9. The number of benzene rings is 1. The molecule has 15 nitrogen and oxygen atoms in total. The first-order valence-corrected chi connectivity index (χ1v) is 18.0. The third-order valence-corrected chi connectivity index (χ3v) is 9.62. The van der Waals surface area contributed by atoms with Gasteiger partial charge in [-0.2, -0.15) is 0 Å². The van der Waals surface area contributed by atoms with E-state index in [2.05, 4.69) is 31.2 Å². The normalized spacial score (nSPS) is 19.8. The number of nitrogens with one attached hydrogen (secondary N) is 4. The van der Waals surface area contributed by atoms with Gasteiger partial charge in [0.05, 0.1) is 12.2 Å². The predicted molar refractivity (Wildman–Crippen MR) is 193 cm³/mol. The molecule has 0 bridgehead atoms. The Morgan fingerprint density at radius 2 is 1.58 bits per heavy atom. The summed E-state index contributed by atoms with van der Waals surface area (Å²) in [7, 11) is 0. The molecule has 1 saturated heterocycles. The molecule has 0 saturated carbocycles. The van der Waals surface area contributed by atoms with Crippen LogP contribution in [-0.4, -0.2) is 98.0 Å². The molecular weight excluding hydrogens is 682 g/mol. The first-order valence-electron chi connectivity index (χ1n) is 18.0. The third-order valence-electron chi connectivity index (χ3n) is 9.62. The summed E-state index contributed by atoms with van der Waals surface area (Å²) in [6.07, 6.45) is 8.91. The molecule has 0 spiro atoms. The van der Waals surface area contributed by atoms with Gasteiger partial charge in [-0.15, -0.1) is 0 Å². The lowest BCUT2D eigenvalue weighted by Gasteiger charge is -2.33. The summed E-state index contributed by atoms with van der Waals surface area (Å²) in [4.78, 5) is 103. The number of carboxylic acid groups (broad SMARTS) is 1. The summed E-state index contributed by atoms with van der Waals surface area (Å²) in [5, 5.41) is 20.3. The number of amides is 5. The van der Waals surface area contributed by atoms with Gasteiger partial charge < -0.3 is 31.3 Å². The van der Waals surface area contributed by atoms with Crippen LogP contribution in [0.3, 0.4) is 0 Å². The van der Waals surface area contributed by atoms with E-state index >= 15 is 0 Å². The van der Waals surface area contributed by atoms with Gasteiger partial charge in [0, 0.05) is 31.3 Å². The lowest BCUT2D eigenvalue weighted by molar-refractivity contribution is -0.146. The maximum absolute atomic E-state index is 14.3. The molecule has 1 aromatic heterocycles. The summed E-state index contributed by atoms with van der Waals surface area (Å²) in [5.41, 5.74) is 0.679. The van der Waals surface area contributed by atoms with Crippen molar-refractivity contribution in [2.24, 2.45) is 23.7 Å². The van der Waals surface area contributed by atoms with Crippen LogP contribution in [0.4, 0.5) is 0 Å². The number of likely N-dealkylation sites (tertiary alicyclic amines) is 1. The molecule has 2 heterocycles. The van der Waals surface area contributed by atoms with Crippen molar-refractivity contribution in [3.8, 4) is 0 Å². The number of allylic oxidation sites excluding steroid dienone is 1. The number of hydrogen-bond donors (Lipinski definition) is 5. The first-order chi connectivity index (χ1) is 25.2. The van der Waals surface area contributed by atoms with Gasteiger partial charge in [0.2, 0.25) is 23.5 Å². The van der Waals surface area contributed by atoms with E-state index in [1.54, 1.807) is 65.0 Å². The molecule has 15 heteroatoms. The van der Waals surface area contributed by atoms with Crippen LogP contribution in [0.1, 0.15) is 69.9 Å². The number of fused-ring (bicyclic) bond motifs is 1. The van der Waals surface area contributed by atoms with Gasteiger partial charge in [-0.05, 0) is 36.2 Å². The van der Waals surface area contributed by atoms with Crippen LogP contribution >= 0.6 is 0 Å². The molecule has 7 atom stereocenters. The summed E-state index contributed by atoms with van der Waals surface area (Å²) < 4.78 is 0. The molecule has 284 valence electrons. The molecule has 0 radical (unpaired) electrons. The summed E-state index contributed by atoms with van der Waals surface area (Å²) >= 11 is 0. The lowest BCUT2D eigenvalue weighted by atomic mass is 9.92. The van der Waals surface area contributed by atoms with Gasteiger partial charge in [0.15, 0.2) is 0 Å². The molecule has 1 unspecified atom stereocenters. The fourth-order valence-electron chi connectivity index (χ4n) is 6.78. The van der Waals surface area contributed by atoms with Gasteiger partial charge in [-0.25, -0.2) is 9.78 Å². The maximum atomic E-state index is 14.3. The number of aromatic nitrogens is 2. The zero-order valence-electron chi connectivity index (χ0n) is 30.7. The molecule has 1 aromatic carbocycles. The van der Waals surface area contributed by atoms with E-state index in [0.29, 0.717) is 18.4 Å². The molecule has 1 aliphatic heterocycles. The Balaban J connectivity index is 1.50. The Morgan fingerprint density at radius 3 is 2.19 bits per heavy atom. The first kappa shape index (κ1) is 40.3. The van der Waals surface area contributed by atoms with Crippen molar-refractivity contribution in [2.45, 2.75) is 90.5 Å². The van der Waals surface area contributed by atoms with Gasteiger partial charge in [-0.1, -0.05) is 83.5 Å². The van der Waals surface area contributed by atoms with Crippen molar-refractivity contribution in [1.82, 2.24) is 36.1 Å². The Kier molecular flexibility index (Phi) is 13.9. The highest BCUT2D eigenvalue weighted by atomic mass is 16.4. The van der Waals surface area contributed by atoms with Crippen molar-refractivity contribution in [3.05, 3.63) is 72.3 Å². The van der Waals surface area contributed by atoms with E-state index in [9.17, 15) is 38.7 Å². The van der Waals surface area contributed by atoms with E-state index in [1.807, 2.05) is 12.2 Å². The third kappa shape index (κ3) is 10.1. The van der Waals surface area contributed by atoms with Crippen LogP contribution in [0, 0.1) is 23.7 Å². The van der Waals surface area contributed by atoms with E-state index in [0.717, 1.165) is 0 Å². The zero-order valence-corrected chi connectivity index (χ0v) is 30.7. The Hall–Kier alpha value is -5.47. The minimum atomic E-state index is -1.38. The Labute approximate surface area is 308 Å². The number of carboxylic acids is 1. The van der Waals surface area contributed by atoms with Gasteiger partial charge in [-0.3, -0.25) is 33.8 Å². The molecule has 53 heavy (non-hydrogen) atoms. The zero-order chi connectivity index (χ0) is 38.8. The summed E-state index contributed by atoms with van der Waals surface area (Å²) in [6.45, 7) is 8.99. The standard InChI is InChI=1S/C38H49N7O8/c1-6-11-26(32(46)36(50)42-27(38(52)53)18-23-12-8-7-9-13-23)41-35(49)31-25-15-10-14-24(25)20-45(31)37(51)30(22(4)5)44-34(48)29(21(2)3)43-33(47)28-19-39-16-17-40-28/h7-10,12-14,16-17,19,21-22,24-27,29-31H,6,11,15,18,20H2,1-5H3,(H,41,49)(H,42,50)(H,43,47)(H,44,48)(H,52,53)/t24-,25-,26?,27-,29+,30-,31-/m0/s1. The molecular formula is C38H49N7O8. The minimum Gasteiger partial charge on any atom is -0.480 e. The van der Waals surface area contributed by atoms with Crippen LogP contribution in [-0.2, 0) is 35.2 Å². The van der Waals surface area contributed by atoms with Crippen molar-refractivity contribution in [3.63, 3.8) is 0 Å². The molecule has 2 aliphatic rings. The summed E-state index contributed by atoms with van der Waals surface area (Å²) in [6, 6.07) is 2.92. The quantitative estimate of drug-likeness (QED) is 0.117. The number of carbonyl (C=O) groups is 7. The SMILES string of the molecule is CCCC(NC(=O)[C@@H]1[C@H]2CC=C[C@H]2CN1C(=O)[C@@H](NC(=O)[C@H](NC(=O)c1cnccn1)C(C)C)C(C)C)C(=O)C(=O)N[C@@H](Cc1ccccc1)C(=O)O. The lowest BCUT2D eigenvalue weighted by Crippen LogP contribution is -2.60. The molecule has 5 amide bonds. The topological polar surface area (TPSA) is 217 Å². The van der Waals surface area contributed by atoms with Gasteiger partial charge in [0.1, 0.15) is 29.9 Å². The molecule has 4 rings (SSSR count). The van der Waals surface area contributed by atoms with Crippen LogP contribution in [0.5, 0.6) is 0 Å². The maximum Gasteiger partial charge on any atom is 0.326 e. The van der Waals surface area contributed by atoms with Crippen molar-refractivity contribution >= 4 is 41.3 Å². The highest BCUT2D eigenvalue weighted by Crippen LogP contribution is 2.39. The van der Waals surface area contributed by atoms with Crippen LogP contribution in [0.25, 0.3) is 0 Å². The van der Waals surface area contributed by atoms with Crippen LogP contribution in [0.15, 0.2) is 61.1 Å². The van der Waals surface area contributed by atoms with Crippen molar-refractivity contribution in [2.75, 3.05) is 6.54 Å². The molecule has 1 fully saturated rings. The van der Waals surface area contributed by atoms with E-state index in [4.69, 9.17) is 0 Å². The van der Waals surface area contributed by atoms with E-state index in [1.165, 1.54) is 23.5 Å². The van der Waals surface area contributed by atoms with E-state index < -0.39 is 77.4 Å². The monoisotopic (exact) mass is 731 g/mol. The number of carbonyl (C=O) groups excluding carboxylic acids is 6. The Morgan fingerprint density at radius 1 is 0.887 bits per heavy atom. The van der Waals surface area contributed by atoms with Crippen molar-refractivity contribution in [1.29, 1.82) is 0 Å². The highest BCUT2D eigenvalue weighted by Gasteiger charge is 2.50. The number of ketones is 1. The number of aliphatic carboxylic acids is 1.